The molecule has 1 aliphatic carbocycles. The Morgan fingerprint density at radius 1 is 1.33 bits per heavy atom. The Labute approximate surface area is 93.0 Å². The summed E-state index contributed by atoms with van der Waals surface area (Å²) in [5.41, 5.74) is -1.85. The zero-order valence-electron chi connectivity index (χ0n) is 7.51. The molecule has 0 amide bonds. The molecule has 0 aromatic heterocycles. The van der Waals surface area contributed by atoms with Gasteiger partial charge in [-0.05, 0) is 17.7 Å². The summed E-state index contributed by atoms with van der Waals surface area (Å²) in [4.78, 5) is 10.9. The molecule has 15 heavy (non-hydrogen) atoms. The smallest absolute Gasteiger partial charge is 0.320 e. The zero-order valence-corrected chi connectivity index (χ0v) is 9.09. The molecule has 1 aromatic rings. The second-order valence-electron chi connectivity index (χ2n) is 3.60. The second kappa shape index (κ2) is 3.01. The van der Waals surface area contributed by atoms with Crippen molar-refractivity contribution in [2.24, 2.45) is 0 Å². The van der Waals surface area contributed by atoms with Crippen LogP contribution in [-0.2, 0) is 10.2 Å². The predicted molar refractivity (Wildman–Crippen MR) is 53.0 cm³/mol. The molecule has 1 unspecified atom stereocenters. The van der Waals surface area contributed by atoms with Gasteiger partial charge in [-0.15, -0.1) is 0 Å². The monoisotopic (exact) mass is 276 g/mol. The molecule has 1 aromatic carbocycles. The number of hydrogen-bond acceptors (Lipinski definition) is 1. The van der Waals surface area contributed by atoms with Gasteiger partial charge in [0.05, 0.1) is 0 Å². The molecule has 5 heteroatoms. The first-order valence-corrected chi connectivity index (χ1v) is 5.07. The first-order valence-electron chi connectivity index (χ1n) is 4.27. The van der Waals surface area contributed by atoms with Crippen molar-refractivity contribution in [1.29, 1.82) is 0 Å². The van der Waals surface area contributed by atoms with Crippen molar-refractivity contribution in [3.8, 4) is 0 Å². The lowest BCUT2D eigenvalue weighted by atomic mass is 9.95. The second-order valence-corrected chi connectivity index (χ2v) is 4.51. The Morgan fingerprint density at radius 2 is 1.80 bits per heavy atom. The van der Waals surface area contributed by atoms with E-state index in [1.807, 2.05) is 0 Å². The average Bonchev–Trinajstić information content (AvgIpc) is 2.72. The number of benzene rings is 1. The van der Waals surface area contributed by atoms with Crippen molar-refractivity contribution in [2.45, 2.75) is 17.8 Å². The summed E-state index contributed by atoms with van der Waals surface area (Å²) < 4.78 is 26.9. The highest BCUT2D eigenvalue weighted by molar-refractivity contribution is 9.10. The summed E-state index contributed by atoms with van der Waals surface area (Å²) in [6, 6.07) is 5.96. The number of carboxylic acids is 1. The van der Waals surface area contributed by atoms with Crippen molar-refractivity contribution in [2.75, 3.05) is 0 Å². The number of carbonyl (C=O) groups is 1. The lowest BCUT2D eigenvalue weighted by Gasteiger charge is -2.11. The van der Waals surface area contributed by atoms with Gasteiger partial charge in [-0.3, -0.25) is 4.79 Å². The largest absolute Gasteiger partial charge is 0.480 e. The quantitative estimate of drug-likeness (QED) is 0.902. The highest BCUT2D eigenvalue weighted by Crippen LogP contribution is 2.61. The standard InChI is InChI=1S/C10H7BrF2O2/c11-7-3-1-6(2-4-7)9(8(14)15)5-10(9,12)13/h1-4H,5H2,(H,14,15). The van der Waals surface area contributed by atoms with Gasteiger partial charge in [-0.25, -0.2) is 8.78 Å². The molecule has 1 saturated carbocycles. The molecular formula is C10H7BrF2O2. The normalized spacial score (nSPS) is 27.4. The van der Waals surface area contributed by atoms with Gasteiger partial charge in [0.1, 0.15) is 0 Å². The van der Waals surface area contributed by atoms with E-state index in [9.17, 15) is 13.6 Å². The van der Waals surface area contributed by atoms with Crippen LogP contribution in [0.15, 0.2) is 28.7 Å². The van der Waals surface area contributed by atoms with E-state index in [2.05, 4.69) is 15.9 Å². The van der Waals surface area contributed by atoms with E-state index in [1.165, 1.54) is 12.1 Å². The number of halogens is 3. The van der Waals surface area contributed by atoms with Crippen molar-refractivity contribution in [3.05, 3.63) is 34.3 Å². The summed E-state index contributed by atoms with van der Waals surface area (Å²) in [6.45, 7) is 0. The van der Waals surface area contributed by atoms with E-state index in [0.717, 1.165) is 4.47 Å². The average molecular weight is 277 g/mol. The summed E-state index contributed by atoms with van der Waals surface area (Å²) in [7, 11) is 0. The molecule has 2 nitrogen and oxygen atoms in total. The SMILES string of the molecule is O=C(O)C1(c2ccc(Br)cc2)CC1(F)F. The first-order chi connectivity index (χ1) is 6.90. The van der Waals surface area contributed by atoms with Crippen molar-refractivity contribution in [1.82, 2.24) is 0 Å². The molecule has 0 saturated heterocycles. The van der Waals surface area contributed by atoms with E-state index < -0.39 is 23.7 Å². The third kappa shape index (κ3) is 1.37. The molecule has 0 radical (unpaired) electrons. The maximum Gasteiger partial charge on any atom is 0.320 e. The van der Waals surface area contributed by atoms with Crippen LogP contribution < -0.4 is 0 Å². The number of aliphatic carboxylic acids is 1. The highest BCUT2D eigenvalue weighted by Gasteiger charge is 2.77. The fourth-order valence-corrected chi connectivity index (χ4v) is 1.96. The van der Waals surface area contributed by atoms with E-state index >= 15 is 0 Å². The topological polar surface area (TPSA) is 37.3 Å². The number of rotatable bonds is 2. The lowest BCUT2D eigenvalue weighted by Crippen LogP contribution is -2.26. The molecule has 0 bridgehead atoms. The van der Waals surface area contributed by atoms with Gasteiger partial charge in [-0.2, -0.15) is 0 Å². The molecule has 0 heterocycles. The third-order valence-corrected chi connectivity index (χ3v) is 3.22. The highest BCUT2D eigenvalue weighted by atomic mass is 79.9. The lowest BCUT2D eigenvalue weighted by molar-refractivity contribution is -0.142. The summed E-state index contributed by atoms with van der Waals surface area (Å²) >= 11 is 3.16. The summed E-state index contributed by atoms with van der Waals surface area (Å²) in [5, 5.41) is 8.87. The maximum absolute atomic E-state index is 13.1. The van der Waals surface area contributed by atoms with E-state index in [0.29, 0.717) is 0 Å². The van der Waals surface area contributed by atoms with Crippen molar-refractivity contribution < 1.29 is 18.7 Å². The number of hydrogen-bond donors (Lipinski definition) is 1. The molecule has 2 rings (SSSR count). The molecule has 1 aliphatic rings. The molecule has 0 spiro atoms. The Kier molecular flexibility index (Phi) is 2.12. The van der Waals surface area contributed by atoms with Crippen LogP contribution in [0.3, 0.4) is 0 Å². The Hall–Kier alpha value is -0.970. The van der Waals surface area contributed by atoms with Crippen LogP contribution in [0.25, 0.3) is 0 Å². The van der Waals surface area contributed by atoms with E-state index in [-0.39, 0.29) is 5.56 Å². The van der Waals surface area contributed by atoms with E-state index in [4.69, 9.17) is 5.11 Å². The van der Waals surface area contributed by atoms with Crippen LogP contribution in [0.1, 0.15) is 12.0 Å². The van der Waals surface area contributed by atoms with Crippen LogP contribution in [0.2, 0.25) is 0 Å². The summed E-state index contributed by atoms with van der Waals surface area (Å²) in [6.07, 6.45) is -0.614. The Morgan fingerprint density at radius 3 is 2.13 bits per heavy atom. The van der Waals surface area contributed by atoms with Gasteiger partial charge in [-0.1, -0.05) is 28.1 Å². The van der Waals surface area contributed by atoms with Gasteiger partial charge >= 0.3 is 5.97 Å². The zero-order chi connectivity index (χ0) is 11.3. The van der Waals surface area contributed by atoms with Gasteiger partial charge in [0.15, 0.2) is 5.41 Å². The van der Waals surface area contributed by atoms with Crippen molar-refractivity contribution >= 4 is 21.9 Å². The minimum absolute atomic E-state index is 0.156. The fraction of sp³-hybridized carbons (Fsp3) is 0.300. The van der Waals surface area contributed by atoms with Gasteiger partial charge < -0.3 is 5.11 Å². The minimum atomic E-state index is -3.13. The van der Waals surface area contributed by atoms with Crippen LogP contribution in [0.5, 0.6) is 0 Å². The first kappa shape index (κ1) is 10.5. The minimum Gasteiger partial charge on any atom is -0.480 e. The van der Waals surface area contributed by atoms with Crippen LogP contribution in [0, 0.1) is 0 Å². The summed E-state index contributed by atoms with van der Waals surface area (Å²) in [5.74, 6) is -4.60. The van der Waals surface area contributed by atoms with Crippen LogP contribution >= 0.6 is 15.9 Å². The number of alkyl halides is 2. The van der Waals surface area contributed by atoms with Gasteiger partial charge in [0.2, 0.25) is 0 Å². The van der Waals surface area contributed by atoms with Crippen LogP contribution in [-0.4, -0.2) is 17.0 Å². The Bertz CT molecular complexity index is 416. The van der Waals surface area contributed by atoms with Crippen LogP contribution in [0.4, 0.5) is 8.78 Å². The number of carboxylic acid groups (broad SMARTS) is 1. The van der Waals surface area contributed by atoms with Crippen molar-refractivity contribution in [3.63, 3.8) is 0 Å². The van der Waals surface area contributed by atoms with Gasteiger partial charge in [0.25, 0.3) is 5.92 Å². The molecule has 1 fully saturated rings. The fourth-order valence-electron chi connectivity index (χ4n) is 1.69. The maximum atomic E-state index is 13.1. The molecular weight excluding hydrogens is 270 g/mol. The van der Waals surface area contributed by atoms with E-state index in [1.54, 1.807) is 12.1 Å². The predicted octanol–water partition coefficient (Wildman–Crippen LogP) is 2.81. The Balaban J connectivity index is 2.45. The molecule has 80 valence electrons. The van der Waals surface area contributed by atoms with Gasteiger partial charge in [0, 0.05) is 10.9 Å². The molecule has 1 atom stereocenters. The molecule has 1 N–H and O–H groups in total. The molecule has 0 aliphatic heterocycles. The third-order valence-electron chi connectivity index (χ3n) is 2.69.